The van der Waals surface area contributed by atoms with Crippen LogP contribution in [-0.2, 0) is 4.79 Å². The Morgan fingerprint density at radius 3 is 2.36 bits per heavy atom. The lowest BCUT2D eigenvalue weighted by atomic mass is 10.0. The van der Waals surface area contributed by atoms with Crippen LogP contribution in [0.3, 0.4) is 0 Å². The molecular weight excluding hydrogens is 323 g/mol. The second-order valence-corrected chi connectivity index (χ2v) is 5.59. The molecule has 1 amide bonds. The molecule has 2 rings (SSSR count). The summed E-state index contributed by atoms with van der Waals surface area (Å²) < 4.78 is 0. The Hall–Kier alpha value is -1.04. The number of carbonyl (C=O) groups excluding carboxylic acids is 1. The summed E-state index contributed by atoms with van der Waals surface area (Å²) in [7, 11) is 0. The van der Waals surface area contributed by atoms with Crippen molar-refractivity contribution >= 4 is 42.2 Å². The van der Waals surface area contributed by atoms with E-state index >= 15 is 0 Å². The van der Waals surface area contributed by atoms with E-state index in [9.17, 15) is 4.79 Å². The van der Waals surface area contributed by atoms with Gasteiger partial charge in [0.1, 0.15) is 5.82 Å². The third kappa shape index (κ3) is 5.63. The van der Waals surface area contributed by atoms with Crippen LogP contribution in [0.15, 0.2) is 18.3 Å². The number of anilines is 2. The van der Waals surface area contributed by atoms with Gasteiger partial charge in [-0.3, -0.25) is 4.79 Å². The summed E-state index contributed by atoms with van der Waals surface area (Å²) in [4.78, 5) is 18.6. The lowest BCUT2D eigenvalue weighted by molar-refractivity contribution is -0.119. The number of nitrogens with one attached hydrogen (secondary N) is 1. The normalized spacial score (nSPS) is 16.8. The summed E-state index contributed by atoms with van der Waals surface area (Å²) in [5.41, 5.74) is 6.45. The predicted octanol–water partition coefficient (Wildman–Crippen LogP) is 2.84. The molecule has 0 spiro atoms. The van der Waals surface area contributed by atoms with Crippen LogP contribution in [0.25, 0.3) is 0 Å². The van der Waals surface area contributed by atoms with E-state index < -0.39 is 0 Å². The summed E-state index contributed by atoms with van der Waals surface area (Å²) in [6, 6.07) is 3.72. The molecule has 1 aliphatic heterocycles. The average molecular weight is 349 g/mol. The number of carbonyl (C=O) groups is 1. The van der Waals surface area contributed by atoms with Crippen LogP contribution >= 0.6 is 24.8 Å². The standard InChI is InChI=1S/C15H24N4O.2ClH/c1-11(12(2)16)15(20)18-13-6-7-14(17-10-13)19-8-4-3-5-9-19;;/h6-7,10-12H,3-5,8-9,16H2,1-2H3,(H,18,20);2*1H. The minimum absolute atomic E-state index is 0. The van der Waals surface area contributed by atoms with Crippen molar-refractivity contribution < 1.29 is 4.79 Å². The molecule has 2 heterocycles. The second kappa shape index (κ2) is 9.87. The zero-order chi connectivity index (χ0) is 14.5. The van der Waals surface area contributed by atoms with Crippen molar-refractivity contribution in [1.82, 2.24) is 4.98 Å². The molecule has 1 fully saturated rings. The third-order valence-electron chi connectivity index (χ3n) is 3.90. The molecule has 1 aromatic rings. The van der Waals surface area contributed by atoms with Gasteiger partial charge in [0.05, 0.1) is 17.8 Å². The van der Waals surface area contributed by atoms with Gasteiger partial charge in [0.25, 0.3) is 0 Å². The average Bonchev–Trinajstić information content (AvgIpc) is 2.48. The van der Waals surface area contributed by atoms with Gasteiger partial charge in [0.2, 0.25) is 5.91 Å². The number of aromatic nitrogens is 1. The van der Waals surface area contributed by atoms with Gasteiger partial charge in [-0.1, -0.05) is 6.92 Å². The monoisotopic (exact) mass is 348 g/mol. The topological polar surface area (TPSA) is 71.2 Å². The van der Waals surface area contributed by atoms with Crippen LogP contribution in [0, 0.1) is 5.92 Å². The number of piperidine rings is 1. The van der Waals surface area contributed by atoms with Crippen molar-refractivity contribution in [1.29, 1.82) is 0 Å². The maximum Gasteiger partial charge on any atom is 0.228 e. The first-order valence-electron chi connectivity index (χ1n) is 7.35. The van der Waals surface area contributed by atoms with Crippen LogP contribution in [0.2, 0.25) is 0 Å². The number of amides is 1. The second-order valence-electron chi connectivity index (χ2n) is 5.59. The number of nitrogens with zero attached hydrogens (tertiary/aromatic N) is 2. The lowest BCUT2D eigenvalue weighted by Gasteiger charge is -2.27. The molecule has 3 N–H and O–H groups in total. The molecule has 126 valence electrons. The zero-order valence-corrected chi connectivity index (χ0v) is 14.8. The fourth-order valence-electron chi connectivity index (χ4n) is 2.26. The summed E-state index contributed by atoms with van der Waals surface area (Å²) in [6.45, 7) is 5.80. The highest BCUT2D eigenvalue weighted by Crippen LogP contribution is 2.19. The van der Waals surface area contributed by atoms with E-state index in [1.807, 2.05) is 26.0 Å². The van der Waals surface area contributed by atoms with Gasteiger partial charge >= 0.3 is 0 Å². The van der Waals surface area contributed by atoms with E-state index in [0.717, 1.165) is 24.6 Å². The molecule has 2 unspecified atom stereocenters. The van der Waals surface area contributed by atoms with Crippen molar-refractivity contribution in [3.05, 3.63) is 18.3 Å². The van der Waals surface area contributed by atoms with Gasteiger partial charge in [-0.15, -0.1) is 24.8 Å². The van der Waals surface area contributed by atoms with Crippen molar-refractivity contribution in [2.24, 2.45) is 11.7 Å². The van der Waals surface area contributed by atoms with Crippen molar-refractivity contribution in [2.75, 3.05) is 23.3 Å². The van der Waals surface area contributed by atoms with Crippen molar-refractivity contribution in [2.45, 2.75) is 39.2 Å². The number of pyridine rings is 1. The predicted molar refractivity (Wildman–Crippen MR) is 96.2 cm³/mol. The van der Waals surface area contributed by atoms with Crippen molar-refractivity contribution in [3.8, 4) is 0 Å². The van der Waals surface area contributed by atoms with E-state index in [0.29, 0.717) is 0 Å². The maximum atomic E-state index is 11.9. The Morgan fingerprint density at radius 1 is 1.23 bits per heavy atom. The smallest absolute Gasteiger partial charge is 0.228 e. The molecule has 0 aromatic carbocycles. The largest absolute Gasteiger partial charge is 0.357 e. The van der Waals surface area contributed by atoms with Crippen LogP contribution in [0.5, 0.6) is 0 Å². The first-order chi connectivity index (χ1) is 9.58. The van der Waals surface area contributed by atoms with E-state index in [4.69, 9.17) is 5.73 Å². The molecule has 0 aliphatic carbocycles. The molecule has 1 saturated heterocycles. The molecule has 0 saturated carbocycles. The van der Waals surface area contributed by atoms with Crippen LogP contribution in [0.4, 0.5) is 11.5 Å². The van der Waals surface area contributed by atoms with E-state index in [2.05, 4.69) is 15.2 Å². The first-order valence-corrected chi connectivity index (χ1v) is 7.35. The molecule has 7 heteroatoms. The third-order valence-corrected chi connectivity index (χ3v) is 3.90. The minimum Gasteiger partial charge on any atom is -0.357 e. The molecular formula is C15H26Cl2N4O. The Bertz CT molecular complexity index is 447. The SMILES string of the molecule is CC(N)C(C)C(=O)Nc1ccc(N2CCCCC2)nc1.Cl.Cl. The number of nitrogens with two attached hydrogens (primary N) is 1. The highest BCUT2D eigenvalue weighted by molar-refractivity contribution is 5.92. The quantitative estimate of drug-likeness (QED) is 0.877. The van der Waals surface area contributed by atoms with E-state index in [-0.39, 0.29) is 42.7 Å². The maximum absolute atomic E-state index is 11.9. The molecule has 22 heavy (non-hydrogen) atoms. The molecule has 0 bridgehead atoms. The Morgan fingerprint density at radius 2 is 1.86 bits per heavy atom. The van der Waals surface area contributed by atoms with Crippen LogP contribution in [-0.4, -0.2) is 30.0 Å². The number of halogens is 2. The van der Waals surface area contributed by atoms with Gasteiger partial charge in [0, 0.05) is 19.1 Å². The molecule has 1 aliphatic rings. The lowest BCUT2D eigenvalue weighted by Crippen LogP contribution is -2.34. The fourth-order valence-corrected chi connectivity index (χ4v) is 2.26. The first kappa shape index (κ1) is 21.0. The zero-order valence-electron chi connectivity index (χ0n) is 13.1. The van der Waals surface area contributed by atoms with Gasteiger partial charge in [-0.2, -0.15) is 0 Å². The summed E-state index contributed by atoms with van der Waals surface area (Å²) in [6.07, 6.45) is 5.48. The van der Waals surface area contributed by atoms with Crippen molar-refractivity contribution in [3.63, 3.8) is 0 Å². The van der Waals surface area contributed by atoms with E-state index in [1.165, 1.54) is 19.3 Å². The number of hydrogen-bond acceptors (Lipinski definition) is 4. The van der Waals surface area contributed by atoms with Crippen LogP contribution in [0.1, 0.15) is 33.1 Å². The van der Waals surface area contributed by atoms with Crippen LogP contribution < -0.4 is 16.0 Å². The molecule has 0 radical (unpaired) electrons. The highest BCUT2D eigenvalue weighted by atomic mass is 35.5. The van der Waals surface area contributed by atoms with Gasteiger partial charge in [-0.25, -0.2) is 4.98 Å². The Balaban J connectivity index is 0.00000220. The summed E-state index contributed by atoms with van der Waals surface area (Å²) >= 11 is 0. The highest BCUT2D eigenvalue weighted by Gasteiger charge is 2.17. The Kier molecular flexibility index (Phi) is 9.41. The van der Waals surface area contributed by atoms with Gasteiger partial charge in [0.15, 0.2) is 0 Å². The van der Waals surface area contributed by atoms with E-state index in [1.54, 1.807) is 6.20 Å². The Labute approximate surface area is 144 Å². The minimum atomic E-state index is -0.211. The number of rotatable bonds is 4. The number of hydrogen-bond donors (Lipinski definition) is 2. The summed E-state index contributed by atoms with van der Waals surface area (Å²) in [5.74, 6) is 0.715. The fraction of sp³-hybridized carbons (Fsp3) is 0.600. The molecule has 1 aromatic heterocycles. The van der Waals surface area contributed by atoms with Gasteiger partial charge < -0.3 is 16.0 Å². The molecule has 5 nitrogen and oxygen atoms in total. The molecule has 2 atom stereocenters. The van der Waals surface area contributed by atoms with Gasteiger partial charge in [-0.05, 0) is 38.3 Å². The summed E-state index contributed by atoms with van der Waals surface area (Å²) in [5, 5.41) is 2.85.